The summed E-state index contributed by atoms with van der Waals surface area (Å²) < 4.78 is 5.68. The highest BCUT2D eigenvalue weighted by Gasteiger charge is 1.99. The molecule has 1 N–H and O–H groups in total. The first kappa shape index (κ1) is 15.0. The number of aliphatic hydroxyl groups excluding tert-OH is 1. The largest absolute Gasteiger partial charge is 0.492 e. The molecule has 0 bridgehead atoms. The fraction of sp³-hybridized carbons (Fsp3) is 0.600. The van der Waals surface area contributed by atoms with E-state index in [0.29, 0.717) is 6.61 Å². The van der Waals surface area contributed by atoms with E-state index in [-0.39, 0.29) is 0 Å². The van der Waals surface area contributed by atoms with Gasteiger partial charge in [-0.3, -0.25) is 0 Å². The predicted molar refractivity (Wildman–Crippen MR) is 75.1 cm³/mol. The van der Waals surface area contributed by atoms with Gasteiger partial charge in [0, 0.05) is 13.2 Å². The van der Waals surface area contributed by atoms with Crippen molar-refractivity contribution < 1.29 is 9.84 Å². The van der Waals surface area contributed by atoms with E-state index in [0.717, 1.165) is 44.7 Å². The third kappa shape index (κ3) is 6.62. The van der Waals surface area contributed by atoms with Crippen LogP contribution in [-0.4, -0.2) is 43.4 Å². The highest BCUT2D eigenvalue weighted by Crippen LogP contribution is 2.11. The Morgan fingerprint density at radius 1 is 1.06 bits per heavy atom. The second-order valence-corrected chi connectivity index (χ2v) is 4.75. The Kier molecular flexibility index (Phi) is 7.46. The van der Waals surface area contributed by atoms with Gasteiger partial charge in [0.25, 0.3) is 0 Å². The minimum atomic E-state index is 0.306. The van der Waals surface area contributed by atoms with Gasteiger partial charge in [0.2, 0.25) is 0 Å². The van der Waals surface area contributed by atoms with E-state index in [1.807, 2.05) is 12.1 Å². The zero-order valence-electron chi connectivity index (χ0n) is 11.6. The van der Waals surface area contributed by atoms with Crippen molar-refractivity contribution in [2.75, 3.05) is 33.4 Å². The Bertz CT molecular complexity index is 311. The third-order valence-electron chi connectivity index (χ3n) is 2.96. The molecule has 18 heavy (non-hydrogen) atoms. The Morgan fingerprint density at radius 2 is 1.78 bits per heavy atom. The van der Waals surface area contributed by atoms with Crippen LogP contribution in [0.4, 0.5) is 0 Å². The topological polar surface area (TPSA) is 32.7 Å². The lowest BCUT2D eigenvalue weighted by Crippen LogP contribution is -2.25. The summed E-state index contributed by atoms with van der Waals surface area (Å²) in [4.78, 5) is 2.27. The van der Waals surface area contributed by atoms with Gasteiger partial charge >= 0.3 is 0 Å². The SMILES string of the molecule is Cc1ccc(OCCN(C)CCCCCO)cc1. The number of hydrogen-bond donors (Lipinski definition) is 1. The Balaban J connectivity index is 2.07. The monoisotopic (exact) mass is 251 g/mol. The van der Waals surface area contributed by atoms with Gasteiger partial charge in [0.1, 0.15) is 12.4 Å². The fourth-order valence-electron chi connectivity index (χ4n) is 1.74. The van der Waals surface area contributed by atoms with Crippen LogP contribution in [0.25, 0.3) is 0 Å². The summed E-state index contributed by atoms with van der Waals surface area (Å²) in [6.07, 6.45) is 3.15. The number of aliphatic hydroxyl groups is 1. The summed E-state index contributed by atoms with van der Waals surface area (Å²) in [5.74, 6) is 0.939. The van der Waals surface area contributed by atoms with Crippen molar-refractivity contribution in [3.8, 4) is 5.75 Å². The minimum absolute atomic E-state index is 0.306. The number of unbranched alkanes of at least 4 members (excludes halogenated alkanes) is 2. The Hall–Kier alpha value is -1.06. The van der Waals surface area contributed by atoms with Crippen LogP contribution in [-0.2, 0) is 0 Å². The molecule has 0 fully saturated rings. The van der Waals surface area contributed by atoms with Gasteiger partial charge in [-0.15, -0.1) is 0 Å². The molecule has 1 rings (SSSR count). The lowest BCUT2D eigenvalue weighted by atomic mass is 10.2. The van der Waals surface area contributed by atoms with Crippen molar-refractivity contribution in [1.82, 2.24) is 4.90 Å². The molecule has 3 heteroatoms. The first-order valence-electron chi connectivity index (χ1n) is 6.71. The maximum Gasteiger partial charge on any atom is 0.119 e. The van der Waals surface area contributed by atoms with E-state index in [4.69, 9.17) is 9.84 Å². The smallest absolute Gasteiger partial charge is 0.119 e. The lowest BCUT2D eigenvalue weighted by molar-refractivity contribution is 0.230. The average Bonchev–Trinajstić information content (AvgIpc) is 2.37. The van der Waals surface area contributed by atoms with E-state index in [1.54, 1.807) is 0 Å². The van der Waals surface area contributed by atoms with E-state index in [2.05, 4.69) is 31.0 Å². The lowest BCUT2D eigenvalue weighted by Gasteiger charge is -2.16. The average molecular weight is 251 g/mol. The van der Waals surface area contributed by atoms with Crippen molar-refractivity contribution >= 4 is 0 Å². The molecular weight excluding hydrogens is 226 g/mol. The molecule has 1 aromatic carbocycles. The summed E-state index contributed by atoms with van der Waals surface area (Å²) in [5, 5.41) is 8.68. The van der Waals surface area contributed by atoms with E-state index in [9.17, 15) is 0 Å². The predicted octanol–water partition coefficient (Wildman–Crippen LogP) is 2.47. The van der Waals surface area contributed by atoms with Crippen molar-refractivity contribution in [2.45, 2.75) is 26.2 Å². The maximum atomic E-state index is 8.68. The highest BCUT2D eigenvalue weighted by molar-refractivity contribution is 5.26. The van der Waals surface area contributed by atoms with Crippen LogP contribution in [0, 0.1) is 6.92 Å². The second-order valence-electron chi connectivity index (χ2n) is 4.75. The summed E-state index contributed by atoms with van der Waals surface area (Å²) in [5.41, 5.74) is 1.25. The summed E-state index contributed by atoms with van der Waals surface area (Å²) in [6.45, 7) is 5.11. The number of ether oxygens (including phenoxy) is 1. The molecule has 0 radical (unpaired) electrons. The highest BCUT2D eigenvalue weighted by atomic mass is 16.5. The van der Waals surface area contributed by atoms with Crippen LogP contribution in [0.1, 0.15) is 24.8 Å². The maximum absolute atomic E-state index is 8.68. The zero-order valence-corrected chi connectivity index (χ0v) is 11.6. The molecule has 102 valence electrons. The molecule has 0 spiro atoms. The number of likely N-dealkylation sites (N-methyl/N-ethyl adjacent to an activating group) is 1. The van der Waals surface area contributed by atoms with Crippen molar-refractivity contribution in [3.05, 3.63) is 29.8 Å². The number of aryl methyl sites for hydroxylation is 1. The van der Waals surface area contributed by atoms with Gasteiger partial charge in [-0.05, 0) is 51.9 Å². The van der Waals surface area contributed by atoms with Crippen molar-refractivity contribution in [3.63, 3.8) is 0 Å². The van der Waals surface area contributed by atoms with E-state index < -0.39 is 0 Å². The molecule has 0 saturated heterocycles. The standard InChI is InChI=1S/C15H25NO2/c1-14-6-8-15(9-7-14)18-13-11-16(2)10-4-3-5-12-17/h6-9,17H,3-5,10-13H2,1-2H3. The number of rotatable bonds is 9. The minimum Gasteiger partial charge on any atom is -0.492 e. The van der Waals surface area contributed by atoms with Gasteiger partial charge in [0.15, 0.2) is 0 Å². The number of nitrogens with zero attached hydrogens (tertiary/aromatic N) is 1. The van der Waals surface area contributed by atoms with Crippen LogP contribution >= 0.6 is 0 Å². The van der Waals surface area contributed by atoms with Crippen LogP contribution in [0.15, 0.2) is 24.3 Å². The van der Waals surface area contributed by atoms with Crippen LogP contribution < -0.4 is 4.74 Å². The van der Waals surface area contributed by atoms with Gasteiger partial charge in [-0.2, -0.15) is 0 Å². The van der Waals surface area contributed by atoms with Crippen molar-refractivity contribution in [1.29, 1.82) is 0 Å². The molecular formula is C15H25NO2. The summed E-state index contributed by atoms with van der Waals surface area (Å²) >= 11 is 0. The molecule has 0 atom stereocenters. The number of benzene rings is 1. The first-order chi connectivity index (χ1) is 8.72. The quantitative estimate of drug-likeness (QED) is 0.684. The van der Waals surface area contributed by atoms with Gasteiger partial charge in [-0.1, -0.05) is 17.7 Å². The van der Waals surface area contributed by atoms with E-state index >= 15 is 0 Å². The van der Waals surface area contributed by atoms with Gasteiger partial charge in [-0.25, -0.2) is 0 Å². The molecule has 0 aliphatic heterocycles. The van der Waals surface area contributed by atoms with Gasteiger partial charge < -0.3 is 14.7 Å². The molecule has 0 unspecified atom stereocenters. The molecule has 0 saturated carbocycles. The molecule has 0 aliphatic carbocycles. The molecule has 3 nitrogen and oxygen atoms in total. The Morgan fingerprint density at radius 3 is 2.44 bits per heavy atom. The fourth-order valence-corrected chi connectivity index (χ4v) is 1.74. The normalized spacial score (nSPS) is 10.9. The molecule has 0 heterocycles. The summed E-state index contributed by atoms with van der Waals surface area (Å²) in [7, 11) is 2.11. The Labute approximate surface area is 110 Å². The first-order valence-corrected chi connectivity index (χ1v) is 6.71. The zero-order chi connectivity index (χ0) is 13.2. The van der Waals surface area contributed by atoms with E-state index in [1.165, 1.54) is 5.56 Å². The third-order valence-corrected chi connectivity index (χ3v) is 2.96. The van der Waals surface area contributed by atoms with Crippen LogP contribution in [0.5, 0.6) is 5.75 Å². The van der Waals surface area contributed by atoms with Crippen LogP contribution in [0.2, 0.25) is 0 Å². The molecule has 0 aliphatic rings. The number of hydrogen-bond acceptors (Lipinski definition) is 3. The molecule has 1 aromatic rings. The van der Waals surface area contributed by atoms with Gasteiger partial charge in [0.05, 0.1) is 0 Å². The summed E-state index contributed by atoms with van der Waals surface area (Å²) in [6, 6.07) is 8.15. The second kappa shape index (κ2) is 8.95. The van der Waals surface area contributed by atoms with Crippen molar-refractivity contribution in [2.24, 2.45) is 0 Å². The molecule has 0 aromatic heterocycles. The van der Waals surface area contributed by atoms with Crippen LogP contribution in [0.3, 0.4) is 0 Å². The molecule has 0 amide bonds.